The number of aryl methyl sites for hydroxylation is 2. The highest BCUT2D eigenvalue weighted by molar-refractivity contribution is 7.09. The number of carboxylic acid groups (broad SMARTS) is 1. The van der Waals surface area contributed by atoms with E-state index in [4.69, 9.17) is 26.1 Å². The first-order chi connectivity index (χ1) is 16.3. The van der Waals surface area contributed by atoms with Crippen LogP contribution in [0.15, 0.2) is 35.7 Å². The number of hydrogen-bond acceptors (Lipinski definition) is 7. The van der Waals surface area contributed by atoms with Crippen molar-refractivity contribution >= 4 is 29.2 Å². The third-order valence-corrected chi connectivity index (χ3v) is 5.72. The van der Waals surface area contributed by atoms with Gasteiger partial charge in [-0.05, 0) is 74.4 Å². The summed E-state index contributed by atoms with van der Waals surface area (Å²) in [7, 11) is 0. The van der Waals surface area contributed by atoms with Crippen LogP contribution in [0.25, 0.3) is 0 Å². The van der Waals surface area contributed by atoms with Crippen molar-refractivity contribution in [2.75, 3.05) is 6.54 Å². The van der Waals surface area contributed by atoms with Crippen LogP contribution in [-0.4, -0.2) is 47.8 Å². The number of rotatable bonds is 10. The van der Waals surface area contributed by atoms with Gasteiger partial charge in [-0.15, -0.1) is 11.3 Å². The van der Waals surface area contributed by atoms with Crippen molar-refractivity contribution in [3.05, 3.63) is 51.7 Å². The number of nitrogens with one attached hydrogen (secondary N) is 1. The summed E-state index contributed by atoms with van der Waals surface area (Å²) in [5.74, 6) is -3.14. The number of unbranched alkanes of at least 4 members (excludes halogenated alkanes) is 1. The molecule has 12 heteroatoms. The van der Waals surface area contributed by atoms with Gasteiger partial charge in [0.05, 0.1) is 6.04 Å². The van der Waals surface area contributed by atoms with Gasteiger partial charge in [-0.1, -0.05) is 12.1 Å². The number of thiophene rings is 1. The van der Waals surface area contributed by atoms with Gasteiger partial charge in [0, 0.05) is 11.3 Å². The van der Waals surface area contributed by atoms with Crippen LogP contribution in [0.4, 0.5) is 13.2 Å². The summed E-state index contributed by atoms with van der Waals surface area (Å²) >= 11 is 1.55. The minimum Gasteiger partial charge on any atom is -0.475 e. The summed E-state index contributed by atoms with van der Waals surface area (Å²) < 4.78 is 37.2. The predicted octanol–water partition coefficient (Wildman–Crippen LogP) is 3.09. The molecule has 2 atom stereocenters. The van der Waals surface area contributed by atoms with E-state index in [1.807, 2.05) is 43.5 Å². The molecule has 8 nitrogen and oxygen atoms in total. The second-order valence-electron chi connectivity index (χ2n) is 7.71. The Morgan fingerprint density at radius 2 is 1.80 bits per heavy atom. The van der Waals surface area contributed by atoms with Crippen LogP contribution in [0.5, 0.6) is 5.75 Å². The van der Waals surface area contributed by atoms with Gasteiger partial charge in [-0.3, -0.25) is 4.79 Å². The number of amides is 1. The molecule has 0 aliphatic carbocycles. The molecule has 0 aliphatic heterocycles. The van der Waals surface area contributed by atoms with Gasteiger partial charge in [0.2, 0.25) is 5.91 Å². The molecule has 0 fully saturated rings. The predicted molar refractivity (Wildman–Crippen MR) is 126 cm³/mol. The molecule has 2 aromatic rings. The van der Waals surface area contributed by atoms with E-state index < -0.39 is 30.2 Å². The van der Waals surface area contributed by atoms with E-state index in [0.717, 1.165) is 22.4 Å². The standard InChI is InChI=1S/C21H29N3O3S.C2HF3O2/c1-14-8-9-16(12-15(14)2)27-21(26)19(7-3-4-10-22)24-20(25)18(23)13-17-6-5-11-28-17;3-2(4,5)1(6)7/h5-6,8-9,11-12,18-19H,3-4,7,10,13,22-23H2,1-2H3,(H,24,25);(H,6,7)/t18-,19-;/m0./s1. The SMILES string of the molecule is Cc1ccc(OC(=O)[C@H](CCCCN)NC(=O)[C@@H](N)Cc2cccs2)cc1C.O=C(O)C(F)(F)F. The van der Waals surface area contributed by atoms with Gasteiger partial charge in [-0.2, -0.15) is 13.2 Å². The third-order valence-electron chi connectivity index (χ3n) is 4.83. The van der Waals surface area contributed by atoms with Crippen molar-refractivity contribution in [2.24, 2.45) is 11.5 Å². The van der Waals surface area contributed by atoms with Crippen LogP contribution < -0.4 is 21.5 Å². The van der Waals surface area contributed by atoms with E-state index in [-0.39, 0.29) is 5.91 Å². The van der Waals surface area contributed by atoms with Gasteiger partial charge in [0.25, 0.3) is 0 Å². The number of esters is 1. The number of alkyl halides is 3. The lowest BCUT2D eigenvalue weighted by molar-refractivity contribution is -0.192. The Kier molecular flexibility index (Phi) is 12.4. The third kappa shape index (κ3) is 11.3. The van der Waals surface area contributed by atoms with Gasteiger partial charge < -0.3 is 26.6 Å². The second-order valence-corrected chi connectivity index (χ2v) is 8.74. The molecule has 6 N–H and O–H groups in total. The minimum atomic E-state index is -5.08. The lowest BCUT2D eigenvalue weighted by Gasteiger charge is -2.20. The molecule has 2 rings (SSSR count). The van der Waals surface area contributed by atoms with Gasteiger partial charge in [0.1, 0.15) is 11.8 Å². The fourth-order valence-corrected chi connectivity index (χ4v) is 3.49. The van der Waals surface area contributed by atoms with Crippen molar-refractivity contribution in [3.8, 4) is 5.75 Å². The molecule has 0 spiro atoms. The number of nitrogens with two attached hydrogens (primary N) is 2. The molecule has 1 aromatic carbocycles. The minimum absolute atomic E-state index is 0.358. The van der Waals surface area contributed by atoms with Gasteiger partial charge in [-0.25, -0.2) is 9.59 Å². The maximum atomic E-state index is 12.7. The van der Waals surface area contributed by atoms with Crippen LogP contribution in [0.2, 0.25) is 0 Å². The summed E-state index contributed by atoms with van der Waals surface area (Å²) in [6.07, 6.45) is -2.71. The number of carbonyl (C=O) groups is 3. The summed E-state index contributed by atoms with van der Waals surface area (Å²) in [5.41, 5.74) is 13.7. The van der Waals surface area contributed by atoms with E-state index in [0.29, 0.717) is 31.6 Å². The van der Waals surface area contributed by atoms with Crippen molar-refractivity contribution in [3.63, 3.8) is 0 Å². The second kappa shape index (κ2) is 14.4. The normalized spacial score (nSPS) is 12.7. The molecular weight excluding hydrogens is 487 g/mol. The van der Waals surface area contributed by atoms with E-state index in [1.165, 1.54) is 0 Å². The highest BCUT2D eigenvalue weighted by atomic mass is 32.1. The lowest BCUT2D eigenvalue weighted by atomic mass is 10.1. The number of ether oxygens (including phenoxy) is 1. The zero-order chi connectivity index (χ0) is 26.6. The Labute approximate surface area is 205 Å². The van der Waals surface area contributed by atoms with Crippen LogP contribution in [0, 0.1) is 13.8 Å². The van der Waals surface area contributed by atoms with E-state index in [2.05, 4.69) is 5.32 Å². The summed E-state index contributed by atoms with van der Waals surface area (Å²) in [6.45, 7) is 4.48. The quantitative estimate of drug-likeness (QED) is 0.215. The monoisotopic (exact) mass is 517 g/mol. The molecule has 1 aromatic heterocycles. The molecule has 0 saturated heterocycles. The summed E-state index contributed by atoms with van der Waals surface area (Å²) in [4.78, 5) is 35.1. The van der Waals surface area contributed by atoms with Crippen molar-refractivity contribution in [1.29, 1.82) is 0 Å². The highest BCUT2D eigenvalue weighted by Crippen LogP contribution is 2.18. The number of halogens is 3. The molecule has 0 aliphatic rings. The molecule has 0 unspecified atom stereocenters. The average molecular weight is 518 g/mol. The molecule has 1 amide bonds. The maximum Gasteiger partial charge on any atom is 0.490 e. The topological polar surface area (TPSA) is 145 Å². The number of aliphatic carboxylic acids is 1. The summed E-state index contributed by atoms with van der Waals surface area (Å²) in [5, 5.41) is 11.8. The van der Waals surface area contributed by atoms with Gasteiger partial charge >= 0.3 is 18.1 Å². The van der Waals surface area contributed by atoms with E-state index in [1.54, 1.807) is 17.4 Å². The number of hydrogen-bond donors (Lipinski definition) is 4. The largest absolute Gasteiger partial charge is 0.490 e. The average Bonchev–Trinajstić information content (AvgIpc) is 3.28. The molecular formula is C23H30F3N3O5S. The molecule has 194 valence electrons. The Balaban J connectivity index is 0.000000762. The van der Waals surface area contributed by atoms with Crippen molar-refractivity contribution in [1.82, 2.24) is 5.32 Å². The summed E-state index contributed by atoms with van der Waals surface area (Å²) in [6, 6.07) is 7.85. The van der Waals surface area contributed by atoms with Crippen molar-refractivity contribution < 1.29 is 37.4 Å². The zero-order valence-electron chi connectivity index (χ0n) is 19.4. The fraction of sp³-hybridized carbons (Fsp3) is 0.435. The fourth-order valence-electron chi connectivity index (χ4n) is 2.72. The Hall–Kier alpha value is -2.96. The Morgan fingerprint density at radius 3 is 2.31 bits per heavy atom. The molecule has 35 heavy (non-hydrogen) atoms. The first-order valence-electron chi connectivity index (χ1n) is 10.7. The Bertz CT molecular complexity index is 968. The molecule has 0 saturated carbocycles. The van der Waals surface area contributed by atoms with Crippen LogP contribution >= 0.6 is 11.3 Å². The number of benzene rings is 1. The highest BCUT2D eigenvalue weighted by Gasteiger charge is 2.38. The van der Waals surface area contributed by atoms with Crippen LogP contribution in [0.3, 0.4) is 0 Å². The molecule has 0 radical (unpaired) electrons. The van der Waals surface area contributed by atoms with Gasteiger partial charge in [0.15, 0.2) is 0 Å². The van der Waals surface area contributed by atoms with Crippen LogP contribution in [0.1, 0.15) is 35.3 Å². The first kappa shape index (κ1) is 30.1. The van der Waals surface area contributed by atoms with E-state index in [9.17, 15) is 22.8 Å². The smallest absolute Gasteiger partial charge is 0.475 e. The number of carboxylic acids is 1. The van der Waals surface area contributed by atoms with Crippen molar-refractivity contribution in [2.45, 2.75) is 57.8 Å². The zero-order valence-corrected chi connectivity index (χ0v) is 20.2. The van der Waals surface area contributed by atoms with Crippen LogP contribution in [-0.2, 0) is 20.8 Å². The Morgan fingerprint density at radius 1 is 1.14 bits per heavy atom. The first-order valence-corrected chi connectivity index (χ1v) is 11.6. The maximum absolute atomic E-state index is 12.7. The number of carbonyl (C=O) groups excluding carboxylic acids is 2. The molecule has 1 heterocycles. The molecule has 0 bridgehead atoms. The van der Waals surface area contributed by atoms with E-state index >= 15 is 0 Å². The lowest BCUT2D eigenvalue weighted by Crippen LogP contribution is -2.50.